The number of carbonyl (C=O) groups is 1. The van der Waals surface area contributed by atoms with Gasteiger partial charge in [-0.3, -0.25) is 9.69 Å². The molecule has 1 aromatic carbocycles. The zero-order chi connectivity index (χ0) is 17.9. The van der Waals surface area contributed by atoms with Crippen molar-refractivity contribution in [1.29, 1.82) is 0 Å². The fourth-order valence-electron chi connectivity index (χ4n) is 3.13. The number of amides is 1. The monoisotopic (exact) mass is 349 g/mol. The van der Waals surface area contributed by atoms with Gasteiger partial charge >= 0.3 is 0 Å². The Hall–Kier alpha value is -1.63. The minimum absolute atomic E-state index is 0.0500. The Morgan fingerprint density at radius 1 is 1.40 bits per heavy atom. The third-order valence-electron chi connectivity index (χ3n) is 4.46. The molecular formula is C19H31N3O3. The predicted octanol–water partition coefficient (Wildman–Crippen LogP) is 1.10. The standard InChI is InChI=1S/C19H31N3O3/c1-21(17-7-3-2-4-8-17)11-6-10-20-19(24)16-22-12-5-9-18(15-22)25-14-13-23/h2-4,7-8,18,23H,5-6,9-16H2,1H3,(H,20,24). The number of carbonyl (C=O) groups excluding carboxylic acids is 1. The summed E-state index contributed by atoms with van der Waals surface area (Å²) in [6.45, 7) is 4.15. The first-order valence-corrected chi connectivity index (χ1v) is 9.16. The summed E-state index contributed by atoms with van der Waals surface area (Å²) in [5, 5.41) is 11.8. The zero-order valence-corrected chi connectivity index (χ0v) is 15.2. The molecule has 25 heavy (non-hydrogen) atoms. The van der Waals surface area contributed by atoms with Gasteiger partial charge in [0, 0.05) is 32.4 Å². The van der Waals surface area contributed by atoms with Crippen LogP contribution in [0.25, 0.3) is 0 Å². The number of benzene rings is 1. The highest BCUT2D eigenvalue weighted by molar-refractivity contribution is 5.78. The van der Waals surface area contributed by atoms with Crippen LogP contribution in [-0.2, 0) is 9.53 Å². The Morgan fingerprint density at radius 2 is 2.20 bits per heavy atom. The quantitative estimate of drug-likeness (QED) is 0.620. The Labute approximate surface area is 150 Å². The van der Waals surface area contributed by atoms with Crippen LogP contribution in [0.1, 0.15) is 19.3 Å². The van der Waals surface area contributed by atoms with Gasteiger partial charge in [0.2, 0.25) is 5.91 Å². The van der Waals surface area contributed by atoms with E-state index in [9.17, 15) is 4.79 Å². The number of likely N-dealkylation sites (tertiary alicyclic amines) is 1. The summed E-state index contributed by atoms with van der Waals surface area (Å²) >= 11 is 0. The maximum absolute atomic E-state index is 12.1. The van der Waals surface area contributed by atoms with Gasteiger partial charge in [-0.1, -0.05) is 18.2 Å². The number of ether oxygens (including phenoxy) is 1. The Balaban J connectivity index is 1.59. The minimum Gasteiger partial charge on any atom is -0.394 e. The van der Waals surface area contributed by atoms with Gasteiger partial charge in [0.1, 0.15) is 0 Å². The third kappa shape index (κ3) is 7.42. The van der Waals surface area contributed by atoms with Gasteiger partial charge in [-0.25, -0.2) is 0 Å². The van der Waals surface area contributed by atoms with E-state index >= 15 is 0 Å². The molecule has 1 saturated heterocycles. The molecule has 0 saturated carbocycles. The van der Waals surface area contributed by atoms with E-state index in [0.29, 0.717) is 19.7 Å². The molecule has 1 aliphatic rings. The lowest BCUT2D eigenvalue weighted by Crippen LogP contribution is -2.45. The molecule has 1 heterocycles. The van der Waals surface area contributed by atoms with Gasteiger partial charge < -0.3 is 20.1 Å². The van der Waals surface area contributed by atoms with Gasteiger partial charge in [-0.2, -0.15) is 0 Å². The molecule has 2 rings (SSSR count). The maximum Gasteiger partial charge on any atom is 0.234 e. The Bertz CT molecular complexity index is 498. The fourth-order valence-corrected chi connectivity index (χ4v) is 3.13. The second-order valence-corrected chi connectivity index (χ2v) is 6.55. The molecule has 0 spiro atoms. The fraction of sp³-hybridized carbons (Fsp3) is 0.632. The first kappa shape index (κ1) is 19.7. The van der Waals surface area contributed by atoms with Crippen LogP contribution >= 0.6 is 0 Å². The summed E-state index contributed by atoms with van der Waals surface area (Å²) in [7, 11) is 2.07. The van der Waals surface area contributed by atoms with Gasteiger partial charge in [0.05, 0.1) is 25.9 Å². The van der Waals surface area contributed by atoms with Crippen molar-refractivity contribution >= 4 is 11.6 Å². The van der Waals surface area contributed by atoms with Crippen molar-refractivity contribution in [3.8, 4) is 0 Å². The van der Waals surface area contributed by atoms with Crippen LogP contribution in [0.4, 0.5) is 5.69 Å². The van der Waals surface area contributed by atoms with Crippen molar-refractivity contribution in [2.24, 2.45) is 0 Å². The van der Waals surface area contributed by atoms with Crippen LogP contribution in [0.5, 0.6) is 0 Å². The van der Waals surface area contributed by atoms with Crippen LogP contribution in [-0.4, -0.2) is 75.0 Å². The Morgan fingerprint density at radius 3 is 2.96 bits per heavy atom. The summed E-state index contributed by atoms with van der Waals surface area (Å²) in [6, 6.07) is 10.2. The molecule has 140 valence electrons. The van der Waals surface area contributed by atoms with Crippen LogP contribution in [0.3, 0.4) is 0 Å². The van der Waals surface area contributed by atoms with E-state index in [-0.39, 0.29) is 18.6 Å². The molecule has 0 bridgehead atoms. The van der Waals surface area contributed by atoms with E-state index < -0.39 is 0 Å². The molecule has 1 aliphatic heterocycles. The third-order valence-corrected chi connectivity index (χ3v) is 4.46. The van der Waals surface area contributed by atoms with E-state index in [1.54, 1.807) is 0 Å². The van der Waals surface area contributed by atoms with Gasteiger partial charge in [0.25, 0.3) is 0 Å². The van der Waals surface area contributed by atoms with Crippen molar-refractivity contribution in [3.63, 3.8) is 0 Å². The molecule has 1 unspecified atom stereocenters. The molecule has 6 heteroatoms. The largest absolute Gasteiger partial charge is 0.394 e. The zero-order valence-electron chi connectivity index (χ0n) is 15.2. The summed E-state index contributed by atoms with van der Waals surface area (Å²) in [5.41, 5.74) is 1.19. The summed E-state index contributed by atoms with van der Waals surface area (Å²) in [4.78, 5) is 16.4. The van der Waals surface area contributed by atoms with Crippen molar-refractivity contribution in [2.45, 2.75) is 25.4 Å². The van der Waals surface area contributed by atoms with Crippen LogP contribution in [0.2, 0.25) is 0 Å². The summed E-state index contributed by atoms with van der Waals surface area (Å²) in [5.74, 6) is 0.0742. The van der Waals surface area contributed by atoms with Gasteiger partial charge in [-0.15, -0.1) is 0 Å². The highest BCUT2D eigenvalue weighted by Crippen LogP contribution is 2.13. The number of para-hydroxylation sites is 1. The molecular weight excluding hydrogens is 318 g/mol. The van der Waals surface area contributed by atoms with Crippen LogP contribution in [0.15, 0.2) is 30.3 Å². The van der Waals surface area contributed by atoms with Crippen molar-refractivity contribution in [3.05, 3.63) is 30.3 Å². The highest BCUT2D eigenvalue weighted by atomic mass is 16.5. The van der Waals surface area contributed by atoms with Crippen molar-refractivity contribution < 1.29 is 14.6 Å². The van der Waals surface area contributed by atoms with Crippen LogP contribution < -0.4 is 10.2 Å². The van der Waals surface area contributed by atoms with E-state index in [4.69, 9.17) is 9.84 Å². The number of aliphatic hydroxyl groups is 1. The topological polar surface area (TPSA) is 65.0 Å². The number of hydrogen-bond donors (Lipinski definition) is 2. The molecule has 0 radical (unpaired) electrons. The van der Waals surface area contributed by atoms with Gasteiger partial charge in [-0.05, 0) is 37.9 Å². The van der Waals surface area contributed by atoms with Gasteiger partial charge in [0.15, 0.2) is 0 Å². The number of aliphatic hydroxyl groups excluding tert-OH is 1. The predicted molar refractivity (Wildman–Crippen MR) is 99.8 cm³/mol. The SMILES string of the molecule is CN(CCCNC(=O)CN1CCCC(OCCO)C1)c1ccccc1. The van der Waals surface area contributed by atoms with E-state index in [2.05, 4.69) is 34.3 Å². The Kier molecular flexibility index (Phi) is 8.72. The number of nitrogens with zero attached hydrogens (tertiary/aromatic N) is 2. The normalized spacial score (nSPS) is 18.1. The van der Waals surface area contributed by atoms with Crippen molar-refractivity contribution in [1.82, 2.24) is 10.2 Å². The number of piperidine rings is 1. The number of hydrogen-bond acceptors (Lipinski definition) is 5. The first-order valence-electron chi connectivity index (χ1n) is 9.16. The molecule has 1 fully saturated rings. The maximum atomic E-state index is 12.1. The lowest BCUT2D eigenvalue weighted by Gasteiger charge is -2.32. The average molecular weight is 349 g/mol. The summed E-state index contributed by atoms with van der Waals surface area (Å²) in [6.07, 6.45) is 3.09. The smallest absolute Gasteiger partial charge is 0.234 e. The molecule has 0 aromatic heterocycles. The minimum atomic E-state index is 0.0500. The second-order valence-electron chi connectivity index (χ2n) is 6.55. The number of rotatable bonds is 10. The highest BCUT2D eigenvalue weighted by Gasteiger charge is 2.21. The molecule has 0 aliphatic carbocycles. The molecule has 2 N–H and O–H groups in total. The molecule has 1 aromatic rings. The molecule has 1 atom stereocenters. The van der Waals surface area contributed by atoms with Crippen LogP contribution in [0, 0.1) is 0 Å². The van der Waals surface area contributed by atoms with E-state index in [1.807, 2.05) is 18.2 Å². The first-order chi connectivity index (χ1) is 12.2. The van der Waals surface area contributed by atoms with E-state index in [1.165, 1.54) is 5.69 Å². The molecule has 1 amide bonds. The average Bonchev–Trinajstić information content (AvgIpc) is 2.64. The second kappa shape index (κ2) is 11.1. The number of anilines is 1. The number of nitrogens with one attached hydrogen (secondary N) is 1. The summed E-state index contributed by atoms with van der Waals surface area (Å²) < 4.78 is 5.58. The lowest BCUT2D eigenvalue weighted by atomic mass is 10.1. The lowest BCUT2D eigenvalue weighted by molar-refractivity contribution is -0.123. The molecule has 6 nitrogen and oxygen atoms in total. The van der Waals surface area contributed by atoms with Crippen molar-refractivity contribution in [2.75, 3.05) is 57.9 Å². The van der Waals surface area contributed by atoms with E-state index in [0.717, 1.165) is 38.9 Å².